The van der Waals surface area contributed by atoms with Crippen molar-refractivity contribution in [3.63, 3.8) is 0 Å². The Morgan fingerprint density at radius 2 is 1.79 bits per heavy atom. The first-order chi connectivity index (χ1) is 14.0. The average Bonchev–Trinajstić information content (AvgIpc) is 3.29. The first kappa shape index (κ1) is 20.7. The number of carbonyl (C=O) groups excluding carboxylic acids is 1. The zero-order chi connectivity index (χ0) is 20.4. The van der Waals surface area contributed by atoms with Crippen LogP contribution in [0.1, 0.15) is 28.8 Å². The summed E-state index contributed by atoms with van der Waals surface area (Å²) in [5.41, 5.74) is 1.04. The van der Waals surface area contributed by atoms with Crippen LogP contribution >= 0.6 is 0 Å². The molecular weight excluding hydrogens is 396 g/mol. The van der Waals surface area contributed by atoms with Crippen LogP contribution in [0.25, 0.3) is 0 Å². The number of piperidine rings is 1. The minimum absolute atomic E-state index is 0.147. The molecule has 160 valence electrons. The predicted molar refractivity (Wildman–Crippen MR) is 105 cm³/mol. The molecule has 3 aliphatic rings. The highest BCUT2D eigenvalue weighted by atomic mass is 32.2. The summed E-state index contributed by atoms with van der Waals surface area (Å²) in [6.45, 7) is 5.59. The molecule has 0 N–H and O–H groups in total. The number of hydrogen-bond donors (Lipinski definition) is 0. The number of amides is 1. The fourth-order valence-electron chi connectivity index (χ4n) is 4.19. The molecule has 3 aliphatic heterocycles. The second-order valence-corrected chi connectivity index (χ2v) is 9.67. The van der Waals surface area contributed by atoms with Crippen LogP contribution in [0.15, 0.2) is 23.1 Å². The summed E-state index contributed by atoms with van der Waals surface area (Å²) in [6.07, 6.45) is 1.59. The van der Waals surface area contributed by atoms with E-state index in [1.54, 1.807) is 24.0 Å². The summed E-state index contributed by atoms with van der Waals surface area (Å²) in [6, 6.07) is 4.95. The maximum Gasteiger partial charge on any atom is 0.253 e. The first-order valence-corrected chi connectivity index (χ1v) is 11.6. The molecule has 1 amide bonds. The van der Waals surface area contributed by atoms with Gasteiger partial charge in [-0.3, -0.25) is 4.79 Å². The molecule has 0 spiro atoms. The molecule has 1 atom stereocenters. The number of aryl methyl sites for hydroxylation is 1. The van der Waals surface area contributed by atoms with Crippen molar-refractivity contribution >= 4 is 15.9 Å². The highest BCUT2D eigenvalue weighted by Crippen LogP contribution is 2.27. The van der Waals surface area contributed by atoms with Crippen LogP contribution in [0.2, 0.25) is 0 Å². The van der Waals surface area contributed by atoms with E-state index in [0.29, 0.717) is 63.7 Å². The third-order valence-corrected chi connectivity index (χ3v) is 7.84. The third kappa shape index (κ3) is 4.34. The molecular formula is C20H28N2O6S. The van der Waals surface area contributed by atoms with Gasteiger partial charge in [0, 0.05) is 37.7 Å². The van der Waals surface area contributed by atoms with E-state index >= 15 is 0 Å². The van der Waals surface area contributed by atoms with Crippen LogP contribution in [0.5, 0.6) is 0 Å². The Hall–Kier alpha value is -1.52. The van der Waals surface area contributed by atoms with Gasteiger partial charge in [0.05, 0.1) is 31.3 Å². The molecule has 0 saturated carbocycles. The number of ether oxygens (including phenoxy) is 3. The number of morpholine rings is 1. The maximum absolute atomic E-state index is 13.1. The molecule has 0 bridgehead atoms. The Labute approximate surface area is 171 Å². The average molecular weight is 425 g/mol. The van der Waals surface area contributed by atoms with E-state index in [9.17, 15) is 13.2 Å². The van der Waals surface area contributed by atoms with E-state index < -0.39 is 10.0 Å². The number of sulfonamides is 1. The molecule has 9 heteroatoms. The van der Waals surface area contributed by atoms with Gasteiger partial charge in [0.1, 0.15) is 0 Å². The molecule has 29 heavy (non-hydrogen) atoms. The van der Waals surface area contributed by atoms with Gasteiger partial charge in [-0.15, -0.1) is 0 Å². The molecule has 3 fully saturated rings. The Kier molecular flexibility index (Phi) is 6.21. The standard InChI is InChI=1S/C20H28N2O6S/c1-15-4-5-16(13-18(15)29(24,25)22-7-9-26-10-8-22)19(23)21-6-2-3-17(14-21)20-27-11-12-28-20/h4-5,13,17,20H,2-3,6-12,14H2,1H3. The summed E-state index contributed by atoms with van der Waals surface area (Å²) in [5, 5.41) is 0. The van der Waals surface area contributed by atoms with Crippen LogP contribution in [0.4, 0.5) is 0 Å². The normalized spacial score (nSPS) is 24.7. The summed E-state index contributed by atoms with van der Waals surface area (Å²) in [7, 11) is -3.66. The lowest BCUT2D eigenvalue weighted by atomic mass is 9.96. The van der Waals surface area contributed by atoms with Gasteiger partial charge in [0.15, 0.2) is 6.29 Å². The van der Waals surface area contributed by atoms with Gasteiger partial charge >= 0.3 is 0 Å². The third-order valence-electron chi connectivity index (χ3n) is 5.80. The van der Waals surface area contributed by atoms with Gasteiger partial charge in [-0.1, -0.05) is 6.07 Å². The second kappa shape index (κ2) is 8.69. The molecule has 1 aromatic rings. The monoisotopic (exact) mass is 424 g/mol. The number of nitrogens with zero attached hydrogens (tertiary/aromatic N) is 2. The van der Waals surface area contributed by atoms with Gasteiger partial charge < -0.3 is 19.1 Å². The van der Waals surface area contributed by atoms with Gasteiger partial charge in [-0.2, -0.15) is 4.31 Å². The van der Waals surface area contributed by atoms with Crippen LogP contribution < -0.4 is 0 Å². The predicted octanol–water partition coefficient (Wildman–Crippen LogP) is 1.24. The minimum atomic E-state index is -3.66. The van der Waals surface area contributed by atoms with Crippen LogP contribution in [-0.2, 0) is 24.2 Å². The lowest BCUT2D eigenvalue weighted by molar-refractivity contribution is -0.0969. The topological polar surface area (TPSA) is 85.4 Å². The highest BCUT2D eigenvalue weighted by Gasteiger charge is 2.34. The van der Waals surface area contributed by atoms with E-state index in [1.165, 1.54) is 10.4 Å². The highest BCUT2D eigenvalue weighted by molar-refractivity contribution is 7.89. The lowest BCUT2D eigenvalue weighted by Gasteiger charge is -2.35. The summed E-state index contributed by atoms with van der Waals surface area (Å²) in [5.74, 6) is 0.00308. The Balaban J connectivity index is 1.54. The fourth-order valence-corrected chi connectivity index (χ4v) is 5.84. The number of hydrogen-bond acceptors (Lipinski definition) is 6. The molecule has 8 nitrogen and oxygen atoms in total. The smallest absolute Gasteiger partial charge is 0.253 e. The second-order valence-electron chi connectivity index (χ2n) is 7.76. The fraction of sp³-hybridized carbons (Fsp3) is 0.650. The number of likely N-dealkylation sites (tertiary alicyclic amines) is 1. The van der Waals surface area contributed by atoms with E-state index in [1.807, 2.05) is 0 Å². The molecule has 1 unspecified atom stereocenters. The van der Waals surface area contributed by atoms with Crippen LogP contribution in [0, 0.1) is 12.8 Å². The summed E-state index contributed by atoms with van der Waals surface area (Å²) < 4.78 is 44.1. The maximum atomic E-state index is 13.1. The Morgan fingerprint density at radius 3 is 2.52 bits per heavy atom. The van der Waals surface area contributed by atoms with Gasteiger partial charge in [-0.25, -0.2) is 8.42 Å². The first-order valence-electron chi connectivity index (χ1n) is 10.2. The van der Waals surface area contributed by atoms with Gasteiger partial charge in [-0.05, 0) is 37.5 Å². The molecule has 0 aromatic heterocycles. The van der Waals surface area contributed by atoms with Crippen LogP contribution in [-0.4, -0.2) is 82.4 Å². The van der Waals surface area contributed by atoms with Crippen molar-refractivity contribution < 1.29 is 27.4 Å². The number of carbonyl (C=O) groups is 1. The zero-order valence-electron chi connectivity index (χ0n) is 16.7. The van der Waals surface area contributed by atoms with E-state index in [2.05, 4.69) is 0 Å². The zero-order valence-corrected chi connectivity index (χ0v) is 17.5. The van der Waals surface area contributed by atoms with Crippen molar-refractivity contribution in [3.8, 4) is 0 Å². The quantitative estimate of drug-likeness (QED) is 0.723. The molecule has 3 heterocycles. The number of rotatable bonds is 4. The van der Waals surface area contributed by atoms with Crippen molar-refractivity contribution in [2.75, 3.05) is 52.6 Å². The van der Waals surface area contributed by atoms with Crippen molar-refractivity contribution in [2.45, 2.75) is 31.0 Å². The summed E-state index contributed by atoms with van der Waals surface area (Å²) >= 11 is 0. The van der Waals surface area contributed by atoms with Crippen molar-refractivity contribution in [3.05, 3.63) is 29.3 Å². The van der Waals surface area contributed by atoms with E-state index in [4.69, 9.17) is 14.2 Å². The largest absolute Gasteiger partial charge is 0.379 e. The van der Waals surface area contributed by atoms with Crippen molar-refractivity contribution in [2.24, 2.45) is 5.92 Å². The van der Waals surface area contributed by atoms with Crippen molar-refractivity contribution in [1.82, 2.24) is 9.21 Å². The van der Waals surface area contributed by atoms with Gasteiger partial charge in [0.25, 0.3) is 5.91 Å². The molecule has 4 rings (SSSR count). The van der Waals surface area contributed by atoms with E-state index in [0.717, 1.165) is 12.8 Å². The molecule has 0 aliphatic carbocycles. The van der Waals surface area contributed by atoms with E-state index in [-0.39, 0.29) is 23.0 Å². The Bertz CT molecular complexity index is 847. The SMILES string of the molecule is Cc1ccc(C(=O)N2CCCC(C3OCCO3)C2)cc1S(=O)(=O)N1CCOCC1. The molecule has 3 saturated heterocycles. The Morgan fingerprint density at radius 1 is 1.07 bits per heavy atom. The van der Waals surface area contributed by atoms with Crippen LogP contribution in [0.3, 0.4) is 0 Å². The number of benzene rings is 1. The molecule has 1 aromatic carbocycles. The lowest BCUT2D eigenvalue weighted by Crippen LogP contribution is -2.44. The molecule has 0 radical (unpaired) electrons. The van der Waals surface area contributed by atoms with Gasteiger partial charge in [0.2, 0.25) is 10.0 Å². The summed E-state index contributed by atoms with van der Waals surface area (Å²) in [4.78, 5) is 15.1. The van der Waals surface area contributed by atoms with Crippen molar-refractivity contribution in [1.29, 1.82) is 0 Å². The minimum Gasteiger partial charge on any atom is -0.379 e.